The molecule has 0 unspecified atom stereocenters. The molecule has 0 aromatic heterocycles. The van der Waals surface area contributed by atoms with E-state index in [0.717, 1.165) is 17.4 Å². The highest BCUT2D eigenvalue weighted by atomic mass is 14.2. The molecule has 1 nitrogen and oxygen atoms in total. The molecule has 0 atom stereocenters. The van der Waals surface area contributed by atoms with Gasteiger partial charge in [-0.25, -0.2) is 0 Å². The van der Waals surface area contributed by atoms with E-state index in [1.54, 1.807) is 0 Å². The minimum atomic E-state index is 0.702. The van der Waals surface area contributed by atoms with Gasteiger partial charge < -0.3 is 0 Å². The summed E-state index contributed by atoms with van der Waals surface area (Å²) >= 11 is 0. The fourth-order valence-corrected chi connectivity index (χ4v) is 3.33. The largest absolute Gasteiger partial charge is 0.192 e. The Morgan fingerprint density at radius 1 is 0.826 bits per heavy atom. The fraction of sp³-hybridized carbons (Fsp3) is 0.318. The second kappa shape index (κ2) is 7.29. The van der Waals surface area contributed by atoms with Gasteiger partial charge in [-0.3, -0.25) is 0 Å². The summed E-state index contributed by atoms with van der Waals surface area (Å²) in [6.07, 6.45) is 9.63. The number of rotatable bonds is 3. The standard InChI is InChI=1S/C22H23N/c1-17-2-12-21(13-3-17)22-14-10-19(11-15-22)5-4-18-6-8-20(16-23)9-7-18/h4-11,14-15,17,21H,2-3,12-13H2,1H3/b5-4+. The van der Waals surface area contributed by atoms with Gasteiger partial charge in [-0.05, 0) is 53.5 Å². The molecular formula is C22H23N. The van der Waals surface area contributed by atoms with Gasteiger partial charge in [0.25, 0.3) is 0 Å². The van der Waals surface area contributed by atoms with Crippen LogP contribution in [0.25, 0.3) is 12.2 Å². The van der Waals surface area contributed by atoms with Gasteiger partial charge in [0.1, 0.15) is 0 Å². The van der Waals surface area contributed by atoms with E-state index >= 15 is 0 Å². The molecule has 0 aliphatic heterocycles. The molecule has 0 radical (unpaired) electrons. The van der Waals surface area contributed by atoms with Crippen LogP contribution in [0.5, 0.6) is 0 Å². The lowest BCUT2D eigenvalue weighted by molar-refractivity contribution is 0.348. The Kier molecular flexibility index (Phi) is 4.93. The summed E-state index contributed by atoms with van der Waals surface area (Å²) in [6, 6.07) is 18.8. The summed E-state index contributed by atoms with van der Waals surface area (Å²) in [5.41, 5.74) is 4.54. The Labute approximate surface area is 139 Å². The van der Waals surface area contributed by atoms with E-state index in [1.807, 2.05) is 24.3 Å². The van der Waals surface area contributed by atoms with Crippen LogP contribution in [0.2, 0.25) is 0 Å². The molecule has 0 bridgehead atoms. The first-order chi connectivity index (χ1) is 11.2. The summed E-state index contributed by atoms with van der Waals surface area (Å²) < 4.78 is 0. The average molecular weight is 301 g/mol. The average Bonchev–Trinajstić information content (AvgIpc) is 2.61. The van der Waals surface area contributed by atoms with Gasteiger partial charge >= 0.3 is 0 Å². The molecule has 1 fully saturated rings. The van der Waals surface area contributed by atoms with E-state index in [4.69, 9.17) is 5.26 Å². The summed E-state index contributed by atoms with van der Waals surface area (Å²) in [6.45, 7) is 2.37. The van der Waals surface area contributed by atoms with Crippen LogP contribution in [-0.2, 0) is 0 Å². The zero-order valence-electron chi connectivity index (χ0n) is 13.7. The van der Waals surface area contributed by atoms with Crippen molar-refractivity contribution in [1.82, 2.24) is 0 Å². The lowest BCUT2D eigenvalue weighted by Gasteiger charge is -2.26. The Morgan fingerprint density at radius 3 is 1.87 bits per heavy atom. The molecule has 1 saturated carbocycles. The number of hydrogen-bond acceptors (Lipinski definition) is 1. The SMILES string of the molecule is CC1CCC(c2ccc(/C=C/c3ccc(C#N)cc3)cc2)CC1. The molecule has 1 aliphatic carbocycles. The van der Waals surface area contributed by atoms with E-state index in [-0.39, 0.29) is 0 Å². The molecule has 23 heavy (non-hydrogen) atoms. The second-order valence-electron chi connectivity index (χ2n) is 6.69. The van der Waals surface area contributed by atoms with Gasteiger partial charge in [0, 0.05) is 0 Å². The highest BCUT2D eigenvalue weighted by molar-refractivity contribution is 5.69. The van der Waals surface area contributed by atoms with E-state index in [1.165, 1.54) is 36.8 Å². The molecule has 3 rings (SSSR count). The van der Waals surface area contributed by atoms with Gasteiger partial charge in [-0.1, -0.05) is 68.3 Å². The maximum atomic E-state index is 8.82. The maximum absolute atomic E-state index is 8.82. The van der Waals surface area contributed by atoms with Crippen molar-refractivity contribution in [3.05, 3.63) is 70.8 Å². The van der Waals surface area contributed by atoms with Crippen LogP contribution in [0.4, 0.5) is 0 Å². The first-order valence-corrected chi connectivity index (χ1v) is 8.53. The zero-order chi connectivity index (χ0) is 16.1. The van der Waals surface area contributed by atoms with E-state index < -0.39 is 0 Å². The lowest BCUT2D eigenvalue weighted by Crippen LogP contribution is -2.10. The third-order valence-electron chi connectivity index (χ3n) is 4.93. The van der Waals surface area contributed by atoms with Gasteiger partial charge in [-0.2, -0.15) is 5.26 Å². The van der Waals surface area contributed by atoms with Crippen LogP contribution in [0.15, 0.2) is 48.5 Å². The lowest BCUT2D eigenvalue weighted by atomic mass is 9.79. The minimum absolute atomic E-state index is 0.702. The van der Waals surface area contributed by atoms with Crippen molar-refractivity contribution in [2.75, 3.05) is 0 Å². The quantitative estimate of drug-likeness (QED) is 0.636. The third kappa shape index (κ3) is 4.11. The molecule has 0 saturated heterocycles. The van der Waals surface area contributed by atoms with Gasteiger partial charge in [0.2, 0.25) is 0 Å². The summed E-state index contributed by atoms with van der Waals surface area (Å²) in [4.78, 5) is 0. The number of hydrogen-bond donors (Lipinski definition) is 0. The molecule has 116 valence electrons. The molecule has 0 spiro atoms. The Bertz CT molecular complexity index is 693. The molecule has 1 aliphatic rings. The van der Waals surface area contributed by atoms with Crippen molar-refractivity contribution in [1.29, 1.82) is 5.26 Å². The zero-order valence-corrected chi connectivity index (χ0v) is 13.7. The topological polar surface area (TPSA) is 23.8 Å². The maximum Gasteiger partial charge on any atom is 0.0991 e. The van der Waals surface area contributed by atoms with E-state index in [0.29, 0.717) is 5.56 Å². The van der Waals surface area contributed by atoms with Crippen molar-refractivity contribution in [2.24, 2.45) is 5.92 Å². The predicted octanol–water partition coefficient (Wildman–Crippen LogP) is 6.02. The van der Waals surface area contributed by atoms with Crippen LogP contribution in [0, 0.1) is 17.2 Å². The van der Waals surface area contributed by atoms with Crippen molar-refractivity contribution < 1.29 is 0 Å². The summed E-state index contributed by atoms with van der Waals surface area (Å²) in [5.74, 6) is 1.66. The van der Waals surface area contributed by atoms with Crippen molar-refractivity contribution >= 4 is 12.2 Å². The van der Waals surface area contributed by atoms with Crippen molar-refractivity contribution in [3.63, 3.8) is 0 Å². The fourth-order valence-electron chi connectivity index (χ4n) is 3.33. The van der Waals surface area contributed by atoms with Crippen LogP contribution < -0.4 is 0 Å². The molecule has 0 amide bonds. The van der Waals surface area contributed by atoms with Crippen LogP contribution >= 0.6 is 0 Å². The number of benzene rings is 2. The summed E-state index contributed by atoms with van der Waals surface area (Å²) in [7, 11) is 0. The Balaban J connectivity index is 1.65. The number of nitriles is 1. The smallest absolute Gasteiger partial charge is 0.0991 e. The van der Waals surface area contributed by atoms with Crippen LogP contribution in [0.1, 0.15) is 60.8 Å². The monoisotopic (exact) mass is 301 g/mol. The van der Waals surface area contributed by atoms with Crippen LogP contribution in [0.3, 0.4) is 0 Å². The molecule has 0 N–H and O–H groups in total. The molecule has 2 aromatic rings. The normalized spacial score (nSPS) is 21.2. The van der Waals surface area contributed by atoms with Crippen molar-refractivity contribution in [3.8, 4) is 6.07 Å². The van der Waals surface area contributed by atoms with Gasteiger partial charge in [0.15, 0.2) is 0 Å². The Hall–Kier alpha value is -2.33. The summed E-state index contributed by atoms with van der Waals surface area (Å²) in [5, 5.41) is 8.82. The van der Waals surface area contributed by atoms with Gasteiger partial charge in [-0.15, -0.1) is 0 Å². The number of nitrogens with zero attached hydrogens (tertiary/aromatic N) is 1. The third-order valence-corrected chi connectivity index (χ3v) is 4.93. The van der Waals surface area contributed by atoms with Crippen LogP contribution in [-0.4, -0.2) is 0 Å². The minimum Gasteiger partial charge on any atom is -0.192 e. The molecular weight excluding hydrogens is 278 g/mol. The molecule has 0 heterocycles. The highest BCUT2D eigenvalue weighted by Crippen LogP contribution is 2.35. The molecule has 2 aromatic carbocycles. The predicted molar refractivity (Wildman–Crippen MR) is 96.9 cm³/mol. The van der Waals surface area contributed by atoms with Crippen molar-refractivity contribution in [2.45, 2.75) is 38.5 Å². The van der Waals surface area contributed by atoms with E-state index in [2.05, 4.69) is 49.4 Å². The van der Waals surface area contributed by atoms with E-state index in [9.17, 15) is 0 Å². The second-order valence-corrected chi connectivity index (χ2v) is 6.69. The highest BCUT2D eigenvalue weighted by Gasteiger charge is 2.19. The first kappa shape index (κ1) is 15.6. The Morgan fingerprint density at radius 2 is 1.35 bits per heavy atom. The molecule has 1 heteroatoms. The first-order valence-electron chi connectivity index (χ1n) is 8.53. The van der Waals surface area contributed by atoms with Gasteiger partial charge in [0.05, 0.1) is 11.6 Å².